The van der Waals surface area contributed by atoms with Crippen molar-refractivity contribution in [2.24, 2.45) is 5.92 Å². The van der Waals surface area contributed by atoms with E-state index in [1.165, 1.54) is 6.07 Å². The Morgan fingerprint density at radius 1 is 1.48 bits per heavy atom. The van der Waals surface area contributed by atoms with Crippen molar-refractivity contribution < 1.29 is 18.7 Å². The van der Waals surface area contributed by atoms with Gasteiger partial charge < -0.3 is 10.1 Å². The molecule has 1 amide bonds. The topological polar surface area (TPSA) is 79.2 Å². The van der Waals surface area contributed by atoms with Crippen LogP contribution in [0.4, 0.5) is 4.39 Å². The van der Waals surface area contributed by atoms with Gasteiger partial charge in [0.1, 0.15) is 11.4 Å². The second kappa shape index (κ2) is 7.47. The fourth-order valence-electron chi connectivity index (χ4n) is 2.09. The zero-order valence-electron chi connectivity index (χ0n) is 12.7. The number of nitriles is 1. The lowest BCUT2D eigenvalue weighted by molar-refractivity contribution is -0.146. The number of ether oxygens (including phenoxy) is 1. The summed E-state index contributed by atoms with van der Waals surface area (Å²) < 4.78 is 18.2. The second-order valence-corrected chi connectivity index (χ2v) is 6.53. The number of carbonyl (C=O) groups excluding carboxylic acids is 2. The van der Waals surface area contributed by atoms with Crippen LogP contribution < -0.4 is 5.32 Å². The normalized spacial score (nSPS) is 16.0. The van der Waals surface area contributed by atoms with Gasteiger partial charge in [-0.05, 0) is 37.8 Å². The molecule has 0 radical (unpaired) electrons. The number of halogens is 1. The molecule has 122 valence electrons. The molecule has 1 aliphatic rings. The molecule has 0 saturated heterocycles. The zero-order valence-corrected chi connectivity index (χ0v) is 13.5. The van der Waals surface area contributed by atoms with E-state index in [4.69, 9.17) is 10.00 Å². The number of benzene rings is 1. The Morgan fingerprint density at radius 3 is 2.78 bits per heavy atom. The van der Waals surface area contributed by atoms with Gasteiger partial charge in [-0.1, -0.05) is 12.1 Å². The number of nitrogens with one attached hydrogen (secondary N) is 1. The second-order valence-electron chi connectivity index (χ2n) is 5.52. The molecule has 0 aliphatic heterocycles. The first-order valence-corrected chi connectivity index (χ1v) is 8.18. The molecule has 23 heavy (non-hydrogen) atoms. The Kier molecular flexibility index (Phi) is 5.61. The van der Waals surface area contributed by atoms with E-state index in [0.29, 0.717) is 4.90 Å². The van der Waals surface area contributed by atoms with Crippen LogP contribution in [0.2, 0.25) is 0 Å². The van der Waals surface area contributed by atoms with Crippen LogP contribution in [0.1, 0.15) is 19.8 Å². The molecule has 1 fully saturated rings. The lowest BCUT2D eigenvalue weighted by Gasteiger charge is -2.22. The van der Waals surface area contributed by atoms with Gasteiger partial charge >= 0.3 is 5.97 Å². The fraction of sp³-hybridized carbons (Fsp3) is 0.438. The lowest BCUT2D eigenvalue weighted by Crippen LogP contribution is -2.48. The molecule has 1 aromatic carbocycles. The summed E-state index contributed by atoms with van der Waals surface area (Å²) in [6, 6.07) is 8.20. The number of nitrogens with zero attached hydrogens (tertiary/aromatic N) is 1. The van der Waals surface area contributed by atoms with Crippen molar-refractivity contribution in [3.05, 3.63) is 30.1 Å². The van der Waals surface area contributed by atoms with E-state index in [1.54, 1.807) is 25.1 Å². The standard InChI is InChI=1S/C16H17FN2O3S/c1-16(10-18,11-6-7-11)19-14(20)8-22-15(21)9-23-13-5-3-2-4-12(13)17/h2-5,11H,6-9H2,1H3,(H,19,20)/t16-/m1/s1. The molecule has 1 aromatic rings. The maximum atomic E-state index is 13.4. The summed E-state index contributed by atoms with van der Waals surface area (Å²) in [5.41, 5.74) is -0.911. The van der Waals surface area contributed by atoms with Crippen LogP contribution in [0.15, 0.2) is 29.2 Å². The molecule has 5 nitrogen and oxygen atoms in total. The number of amides is 1. The number of thioether (sulfide) groups is 1. The molecular weight excluding hydrogens is 319 g/mol. The predicted molar refractivity (Wildman–Crippen MR) is 83.0 cm³/mol. The van der Waals surface area contributed by atoms with Crippen LogP contribution in [0.3, 0.4) is 0 Å². The van der Waals surface area contributed by atoms with Gasteiger partial charge in [-0.15, -0.1) is 11.8 Å². The Bertz CT molecular complexity index is 642. The van der Waals surface area contributed by atoms with Crippen molar-refractivity contribution in [3.8, 4) is 6.07 Å². The largest absolute Gasteiger partial charge is 0.455 e. The van der Waals surface area contributed by atoms with Crippen molar-refractivity contribution in [1.82, 2.24) is 5.32 Å². The molecule has 1 saturated carbocycles. The summed E-state index contributed by atoms with van der Waals surface area (Å²) in [5.74, 6) is -1.46. The first-order chi connectivity index (χ1) is 10.9. The SMILES string of the molecule is C[C@](C#N)(NC(=O)COC(=O)CSc1ccccc1F)C1CC1. The minimum absolute atomic E-state index is 0.0909. The van der Waals surface area contributed by atoms with Gasteiger partial charge in [0, 0.05) is 4.90 Å². The highest BCUT2D eigenvalue weighted by Crippen LogP contribution is 2.39. The molecule has 1 N–H and O–H groups in total. The fourth-order valence-corrected chi connectivity index (χ4v) is 2.83. The van der Waals surface area contributed by atoms with Crippen LogP contribution in [0.25, 0.3) is 0 Å². The van der Waals surface area contributed by atoms with Gasteiger partial charge in [0.15, 0.2) is 6.61 Å². The summed E-state index contributed by atoms with van der Waals surface area (Å²) >= 11 is 1.01. The highest BCUT2D eigenvalue weighted by molar-refractivity contribution is 8.00. The van der Waals surface area contributed by atoms with Gasteiger partial charge in [-0.3, -0.25) is 9.59 Å². The van der Waals surface area contributed by atoms with Crippen LogP contribution in [0.5, 0.6) is 0 Å². The van der Waals surface area contributed by atoms with Crippen molar-refractivity contribution >= 4 is 23.6 Å². The molecule has 0 heterocycles. The zero-order chi connectivity index (χ0) is 16.9. The molecule has 1 aliphatic carbocycles. The quantitative estimate of drug-likeness (QED) is 0.610. The Balaban J connectivity index is 1.73. The van der Waals surface area contributed by atoms with Gasteiger partial charge in [-0.2, -0.15) is 5.26 Å². The van der Waals surface area contributed by atoms with E-state index in [-0.39, 0.29) is 11.7 Å². The first kappa shape index (κ1) is 17.3. The average Bonchev–Trinajstić information content (AvgIpc) is 3.37. The van der Waals surface area contributed by atoms with E-state index in [1.807, 2.05) is 0 Å². The third-order valence-corrected chi connectivity index (χ3v) is 4.59. The van der Waals surface area contributed by atoms with E-state index < -0.39 is 29.8 Å². The maximum absolute atomic E-state index is 13.4. The highest BCUT2D eigenvalue weighted by Gasteiger charge is 2.43. The number of esters is 1. The van der Waals surface area contributed by atoms with Gasteiger partial charge in [0.25, 0.3) is 5.91 Å². The minimum atomic E-state index is -0.911. The monoisotopic (exact) mass is 336 g/mol. The third-order valence-electron chi connectivity index (χ3n) is 3.57. The average molecular weight is 336 g/mol. The minimum Gasteiger partial charge on any atom is -0.455 e. The van der Waals surface area contributed by atoms with E-state index in [0.717, 1.165) is 24.6 Å². The summed E-state index contributed by atoms with van der Waals surface area (Å²) in [6.07, 6.45) is 1.81. The van der Waals surface area contributed by atoms with Crippen molar-refractivity contribution in [2.45, 2.75) is 30.2 Å². The predicted octanol–water partition coefficient (Wildman–Crippen LogP) is 2.27. The van der Waals surface area contributed by atoms with E-state index in [2.05, 4.69) is 11.4 Å². The Labute approximate surface area is 138 Å². The maximum Gasteiger partial charge on any atom is 0.316 e. The van der Waals surface area contributed by atoms with Crippen LogP contribution >= 0.6 is 11.8 Å². The van der Waals surface area contributed by atoms with Gasteiger partial charge in [0.05, 0.1) is 11.8 Å². The Hall–Kier alpha value is -2.07. The van der Waals surface area contributed by atoms with Crippen LogP contribution in [-0.2, 0) is 14.3 Å². The molecule has 0 aromatic heterocycles. The lowest BCUT2D eigenvalue weighted by atomic mass is 9.98. The van der Waals surface area contributed by atoms with Gasteiger partial charge in [-0.25, -0.2) is 4.39 Å². The van der Waals surface area contributed by atoms with E-state index in [9.17, 15) is 14.0 Å². The smallest absolute Gasteiger partial charge is 0.316 e. The molecule has 1 atom stereocenters. The summed E-state index contributed by atoms with van der Waals surface area (Å²) in [7, 11) is 0. The summed E-state index contributed by atoms with van der Waals surface area (Å²) in [4.78, 5) is 23.7. The third kappa shape index (κ3) is 4.96. The molecular formula is C16H17FN2O3S. The first-order valence-electron chi connectivity index (χ1n) is 7.20. The molecule has 0 spiro atoms. The highest BCUT2D eigenvalue weighted by atomic mass is 32.2. The van der Waals surface area contributed by atoms with Crippen molar-refractivity contribution in [2.75, 3.05) is 12.4 Å². The number of rotatable bonds is 7. The van der Waals surface area contributed by atoms with Crippen molar-refractivity contribution in [1.29, 1.82) is 5.26 Å². The summed E-state index contributed by atoms with van der Waals surface area (Å²) in [6.45, 7) is 1.22. The molecule has 0 bridgehead atoms. The van der Waals surface area contributed by atoms with Crippen LogP contribution in [-0.4, -0.2) is 29.8 Å². The van der Waals surface area contributed by atoms with Gasteiger partial charge in [0.2, 0.25) is 0 Å². The van der Waals surface area contributed by atoms with Crippen molar-refractivity contribution in [3.63, 3.8) is 0 Å². The van der Waals surface area contributed by atoms with Crippen LogP contribution in [0, 0.1) is 23.1 Å². The number of hydrogen-bond donors (Lipinski definition) is 1. The molecule has 2 rings (SSSR count). The summed E-state index contributed by atoms with van der Waals surface area (Å²) in [5, 5.41) is 11.7. The molecule has 7 heteroatoms. The Morgan fingerprint density at radius 2 is 2.17 bits per heavy atom. The number of hydrogen-bond acceptors (Lipinski definition) is 5. The van der Waals surface area contributed by atoms with E-state index >= 15 is 0 Å². The molecule has 0 unspecified atom stereocenters. The number of carbonyl (C=O) groups is 2.